The smallest absolute Gasteiger partial charge is 0.161 e. The molecule has 0 heterocycles. The van der Waals surface area contributed by atoms with Crippen molar-refractivity contribution in [2.75, 3.05) is 28.4 Å². The van der Waals surface area contributed by atoms with Crippen molar-refractivity contribution in [2.45, 2.75) is 25.7 Å². The second-order valence-electron chi connectivity index (χ2n) is 9.07. The van der Waals surface area contributed by atoms with Crippen LogP contribution >= 0.6 is 0 Å². The molecular formula is C32H34O6. The molecule has 4 aromatic carbocycles. The second kappa shape index (κ2) is 12.3. The van der Waals surface area contributed by atoms with Gasteiger partial charge in [-0.3, -0.25) is 0 Å². The van der Waals surface area contributed by atoms with E-state index in [4.69, 9.17) is 18.9 Å². The number of aryl methyl sites for hydroxylation is 4. The van der Waals surface area contributed by atoms with Gasteiger partial charge in [-0.2, -0.15) is 0 Å². The van der Waals surface area contributed by atoms with E-state index in [0.29, 0.717) is 24.3 Å². The van der Waals surface area contributed by atoms with Gasteiger partial charge in [0.05, 0.1) is 28.4 Å². The summed E-state index contributed by atoms with van der Waals surface area (Å²) in [5, 5.41) is 21.3. The highest BCUT2D eigenvalue weighted by atomic mass is 16.5. The number of benzene rings is 4. The summed E-state index contributed by atoms with van der Waals surface area (Å²) in [5.41, 5.74) is 6.02. The van der Waals surface area contributed by atoms with Gasteiger partial charge in [0.15, 0.2) is 23.0 Å². The molecule has 0 bridgehead atoms. The quantitative estimate of drug-likeness (QED) is 0.242. The molecule has 0 atom stereocenters. The molecule has 0 fully saturated rings. The summed E-state index contributed by atoms with van der Waals surface area (Å²) in [5.74, 6) is 2.56. The molecule has 0 saturated heterocycles. The van der Waals surface area contributed by atoms with Gasteiger partial charge in [0.1, 0.15) is 11.5 Å². The summed E-state index contributed by atoms with van der Waals surface area (Å²) in [4.78, 5) is 0. The van der Waals surface area contributed by atoms with Gasteiger partial charge in [-0.15, -0.1) is 0 Å². The summed E-state index contributed by atoms with van der Waals surface area (Å²) in [6.45, 7) is 0. The number of ether oxygens (including phenoxy) is 4. The number of phenolic OH excluding ortho intramolecular Hbond substituents is 2. The van der Waals surface area contributed by atoms with E-state index in [1.54, 1.807) is 26.4 Å². The average molecular weight is 515 g/mol. The van der Waals surface area contributed by atoms with Crippen LogP contribution in [-0.2, 0) is 25.7 Å². The maximum Gasteiger partial charge on any atom is 0.161 e. The summed E-state index contributed by atoms with van der Waals surface area (Å²) >= 11 is 0. The first-order valence-corrected chi connectivity index (χ1v) is 12.5. The van der Waals surface area contributed by atoms with E-state index in [-0.39, 0.29) is 11.5 Å². The molecule has 0 aliphatic heterocycles. The summed E-state index contributed by atoms with van der Waals surface area (Å²) in [7, 11) is 6.39. The van der Waals surface area contributed by atoms with Crippen molar-refractivity contribution in [3.05, 3.63) is 95.1 Å². The summed E-state index contributed by atoms with van der Waals surface area (Å²) in [6.07, 6.45) is 2.87. The Morgan fingerprint density at radius 2 is 0.921 bits per heavy atom. The minimum atomic E-state index is 0.0839. The Labute approximate surface area is 224 Å². The maximum atomic E-state index is 10.6. The first-order valence-electron chi connectivity index (χ1n) is 12.5. The molecule has 4 rings (SSSR count). The summed E-state index contributed by atoms with van der Waals surface area (Å²) in [6, 6.07) is 23.2. The highest BCUT2D eigenvalue weighted by Gasteiger charge is 2.18. The predicted octanol–water partition coefficient (Wildman–Crippen LogP) is 6.37. The van der Waals surface area contributed by atoms with E-state index in [0.717, 1.165) is 57.7 Å². The third kappa shape index (κ3) is 6.14. The molecule has 0 unspecified atom stereocenters. The van der Waals surface area contributed by atoms with Gasteiger partial charge in [0.2, 0.25) is 0 Å². The van der Waals surface area contributed by atoms with E-state index in [2.05, 4.69) is 12.1 Å². The third-order valence-corrected chi connectivity index (χ3v) is 6.73. The monoisotopic (exact) mass is 514 g/mol. The number of hydrogen-bond donors (Lipinski definition) is 2. The van der Waals surface area contributed by atoms with Gasteiger partial charge >= 0.3 is 0 Å². The van der Waals surface area contributed by atoms with Crippen LogP contribution in [0.15, 0.2) is 72.8 Å². The molecule has 2 N–H and O–H groups in total. The maximum absolute atomic E-state index is 10.6. The fraction of sp³-hybridized carbons (Fsp3) is 0.250. The first-order chi connectivity index (χ1) is 18.4. The molecule has 0 aliphatic rings. The number of hydrogen-bond acceptors (Lipinski definition) is 6. The van der Waals surface area contributed by atoms with Crippen molar-refractivity contribution in [2.24, 2.45) is 0 Å². The average Bonchev–Trinajstić information content (AvgIpc) is 2.95. The predicted molar refractivity (Wildman–Crippen MR) is 149 cm³/mol. The lowest BCUT2D eigenvalue weighted by Gasteiger charge is -2.18. The van der Waals surface area contributed by atoms with Gasteiger partial charge < -0.3 is 29.2 Å². The van der Waals surface area contributed by atoms with Crippen LogP contribution in [0.4, 0.5) is 0 Å². The van der Waals surface area contributed by atoms with Gasteiger partial charge in [0.25, 0.3) is 0 Å². The Balaban J connectivity index is 1.75. The molecule has 6 heteroatoms. The Morgan fingerprint density at radius 3 is 1.29 bits per heavy atom. The molecule has 0 aliphatic carbocycles. The lowest BCUT2D eigenvalue weighted by molar-refractivity contribution is 0.372. The Bertz CT molecular complexity index is 1290. The zero-order valence-electron chi connectivity index (χ0n) is 22.3. The van der Waals surface area contributed by atoms with Crippen molar-refractivity contribution in [3.8, 4) is 45.6 Å². The standard InChI is InChI=1S/C32H34O6/c1-35-25-9-5-7-21(15-25)11-13-23-17-29(33)31(37-3)19-27(23)28-20-32(38-4)30(34)18-24(28)14-12-22-8-6-10-26(16-22)36-2/h5-10,15-20,33-34H,11-14H2,1-4H3. The van der Waals surface area contributed by atoms with Gasteiger partial charge in [0, 0.05) is 0 Å². The van der Waals surface area contributed by atoms with E-state index >= 15 is 0 Å². The molecule has 0 saturated carbocycles. The highest BCUT2D eigenvalue weighted by molar-refractivity contribution is 5.76. The molecule has 0 spiro atoms. The molecule has 0 amide bonds. The lowest BCUT2D eigenvalue weighted by Crippen LogP contribution is -2.01. The lowest BCUT2D eigenvalue weighted by atomic mass is 9.89. The second-order valence-corrected chi connectivity index (χ2v) is 9.07. The third-order valence-electron chi connectivity index (χ3n) is 6.73. The van der Waals surface area contributed by atoms with Gasteiger partial charge in [-0.05, 0) is 108 Å². The van der Waals surface area contributed by atoms with Crippen LogP contribution in [0.25, 0.3) is 11.1 Å². The Hall–Kier alpha value is -4.32. The molecule has 0 radical (unpaired) electrons. The van der Waals surface area contributed by atoms with Crippen molar-refractivity contribution in [1.82, 2.24) is 0 Å². The number of rotatable bonds is 11. The van der Waals surface area contributed by atoms with E-state index < -0.39 is 0 Å². The van der Waals surface area contributed by atoms with Gasteiger partial charge in [-0.25, -0.2) is 0 Å². The number of phenols is 2. The van der Waals surface area contributed by atoms with Crippen LogP contribution in [0, 0.1) is 0 Å². The first kappa shape index (κ1) is 26.7. The van der Waals surface area contributed by atoms with Crippen molar-refractivity contribution in [1.29, 1.82) is 0 Å². The van der Waals surface area contributed by atoms with E-state index in [1.165, 1.54) is 14.2 Å². The van der Waals surface area contributed by atoms with Crippen LogP contribution in [0.2, 0.25) is 0 Å². The van der Waals surface area contributed by atoms with E-state index in [1.807, 2.05) is 48.5 Å². The topological polar surface area (TPSA) is 77.4 Å². The van der Waals surface area contributed by atoms with Crippen molar-refractivity contribution < 1.29 is 29.2 Å². The van der Waals surface area contributed by atoms with Crippen LogP contribution in [0.1, 0.15) is 22.3 Å². The molecular weight excluding hydrogens is 480 g/mol. The van der Waals surface area contributed by atoms with Gasteiger partial charge in [-0.1, -0.05) is 24.3 Å². The van der Waals surface area contributed by atoms with Crippen molar-refractivity contribution >= 4 is 0 Å². The van der Waals surface area contributed by atoms with E-state index in [9.17, 15) is 10.2 Å². The molecule has 0 aromatic heterocycles. The highest BCUT2D eigenvalue weighted by Crippen LogP contribution is 2.41. The van der Waals surface area contributed by atoms with Crippen LogP contribution < -0.4 is 18.9 Å². The van der Waals surface area contributed by atoms with Crippen LogP contribution in [0.3, 0.4) is 0 Å². The Morgan fingerprint density at radius 1 is 0.500 bits per heavy atom. The van der Waals surface area contributed by atoms with Crippen molar-refractivity contribution in [3.63, 3.8) is 0 Å². The zero-order valence-corrected chi connectivity index (χ0v) is 22.3. The normalized spacial score (nSPS) is 10.7. The molecule has 198 valence electrons. The Kier molecular flexibility index (Phi) is 8.64. The molecule has 38 heavy (non-hydrogen) atoms. The van der Waals surface area contributed by atoms with Crippen LogP contribution in [-0.4, -0.2) is 38.7 Å². The minimum absolute atomic E-state index is 0.0839. The molecule has 4 aromatic rings. The fourth-order valence-electron chi connectivity index (χ4n) is 4.68. The molecule has 6 nitrogen and oxygen atoms in total. The fourth-order valence-corrected chi connectivity index (χ4v) is 4.68. The largest absolute Gasteiger partial charge is 0.504 e. The zero-order chi connectivity index (χ0) is 27.1. The van der Waals surface area contributed by atoms with Crippen LogP contribution in [0.5, 0.6) is 34.5 Å². The summed E-state index contributed by atoms with van der Waals surface area (Å²) < 4.78 is 21.7. The number of aromatic hydroxyl groups is 2. The number of methoxy groups -OCH3 is 4. The minimum Gasteiger partial charge on any atom is -0.504 e. The SMILES string of the molecule is COc1cccc(CCc2cc(O)c(OC)cc2-c2cc(OC)c(O)cc2CCc2cccc(OC)c2)c1.